The normalized spacial score (nSPS) is 19.2. The van der Waals surface area contributed by atoms with Crippen LogP contribution in [0.2, 0.25) is 0 Å². The van der Waals surface area contributed by atoms with Crippen LogP contribution in [0, 0.1) is 5.92 Å². The highest BCUT2D eigenvalue weighted by Gasteiger charge is 2.22. The summed E-state index contributed by atoms with van der Waals surface area (Å²) in [5.41, 5.74) is -0.140. The van der Waals surface area contributed by atoms with E-state index < -0.39 is 0 Å². The van der Waals surface area contributed by atoms with Gasteiger partial charge in [0.15, 0.2) is 11.8 Å². The molecule has 1 saturated heterocycles. The molecule has 1 aromatic heterocycles. The molecule has 2 rings (SSSR count). The molecule has 0 aromatic carbocycles. The van der Waals surface area contributed by atoms with Gasteiger partial charge in [-0.2, -0.15) is 4.98 Å². The molecule has 1 unspecified atom stereocenters. The summed E-state index contributed by atoms with van der Waals surface area (Å²) in [5.74, 6) is 2.69. The van der Waals surface area contributed by atoms with Crippen LogP contribution in [0.1, 0.15) is 45.8 Å². The van der Waals surface area contributed by atoms with Crippen LogP contribution in [0.4, 0.5) is 0 Å². The van der Waals surface area contributed by atoms with Crippen LogP contribution in [0.3, 0.4) is 0 Å². The van der Waals surface area contributed by atoms with E-state index in [1.165, 1.54) is 0 Å². The van der Waals surface area contributed by atoms with Crippen LogP contribution in [-0.2, 0) is 16.7 Å². The number of guanidine groups is 1. The fourth-order valence-electron chi connectivity index (χ4n) is 2.44. The van der Waals surface area contributed by atoms with E-state index in [-0.39, 0.29) is 5.41 Å². The van der Waals surface area contributed by atoms with Crippen LogP contribution in [-0.4, -0.2) is 54.4 Å². The summed E-state index contributed by atoms with van der Waals surface area (Å²) >= 11 is 0. The summed E-state index contributed by atoms with van der Waals surface area (Å²) in [6.07, 6.45) is 1.11. The first-order chi connectivity index (χ1) is 10.9. The van der Waals surface area contributed by atoms with Gasteiger partial charge in [-0.3, -0.25) is 0 Å². The summed E-state index contributed by atoms with van der Waals surface area (Å²) in [6, 6.07) is 0. The molecule has 23 heavy (non-hydrogen) atoms. The molecular weight excluding hydrogens is 294 g/mol. The van der Waals surface area contributed by atoms with Gasteiger partial charge in [0, 0.05) is 38.1 Å². The van der Waals surface area contributed by atoms with Gasteiger partial charge in [0.1, 0.15) is 6.54 Å². The SMILES string of the molecule is CCNC(=NCc1noc(C(C)(C)C)n1)N(C)CC1CCOC1. The number of ether oxygens (including phenoxy) is 1. The lowest BCUT2D eigenvalue weighted by atomic mass is 9.97. The Labute approximate surface area is 138 Å². The van der Waals surface area contributed by atoms with Crippen LogP contribution in [0.15, 0.2) is 9.52 Å². The van der Waals surface area contributed by atoms with E-state index in [1.54, 1.807) is 0 Å². The maximum absolute atomic E-state index is 5.44. The van der Waals surface area contributed by atoms with E-state index in [9.17, 15) is 0 Å². The van der Waals surface area contributed by atoms with E-state index in [1.807, 2.05) is 0 Å². The minimum atomic E-state index is -0.140. The van der Waals surface area contributed by atoms with Crippen molar-refractivity contribution in [1.82, 2.24) is 20.4 Å². The van der Waals surface area contributed by atoms with E-state index in [4.69, 9.17) is 9.26 Å². The zero-order valence-corrected chi connectivity index (χ0v) is 14.9. The maximum atomic E-state index is 5.44. The van der Waals surface area contributed by atoms with Gasteiger partial charge in [-0.05, 0) is 13.3 Å². The highest BCUT2D eigenvalue weighted by Crippen LogP contribution is 2.19. The second-order valence-corrected chi connectivity index (χ2v) is 7.05. The zero-order chi connectivity index (χ0) is 16.9. The summed E-state index contributed by atoms with van der Waals surface area (Å²) in [6.45, 7) is 12.1. The molecule has 0 saturated carbocycles. The van der Waals surface area contributed by atoms with Crippen molar-refractivity contribution in [3.8, 4) is 0 Å². The van der Waals surface area contributed by atoms with E-state index in [0.29, 0.717) is 24.2 Å². The fraction of sp³-hybridized carbons (Fsp3) is 0.812. The van der Waals surface area contributed by atoms with Gasteiger partial charge in [-0.1, -0.05) is 25.9 Å². The smallest absolute Gasteiger partial charge is 0.232 e. The minimum Gasteiger partial charge on any atom is -0.381 e. The highest BCUT2D eigenvalue weighted by atomic mass is 16.5. The molecule has 0 bridgehead atoms. The van der Waals surface area contributed by atoms with Gasteiger partial charge in [0.2, 0.25) is 5.89 Å². The molecular formula is C16H29N5O2. The van der Waals surface area contributed by atoms with Crippen molar-refractivity contribution in [2.45, 2.75) is 46.1 Å². The third-order valence-electron chi connectivity index (χ3n) is 3.73. The molecule has 1 aliphatic heterocycles. The fourth-order valence-corrected chi connectivity index (χ4v) is 2.44. The Morgan fingerprint density at radius 1 is 1.43 bits per heavy atom. The Balaban J connectivity index is 1.98. The van der Waals surface area contributed by atoms with Crippen LogP contribution in [0.5, 0.6) is 0 Å². The Hall–Kier alpha value is -1.63. The lowest BCUT2D eigenvalue weighted by Crippen LogP contribution is -2.41. The van der Waals surface area contributed by atoms with Crippen molar-refractivity contribution in [2.75, 3.05) is 33.4 Å². The molecule has 1 aliphatic rings. The molecule has 1 fully saturated rings. The Bertz CT molecular complexity index is 515. The van der Waals surface area contributed by atoms with Crippen LogP contribution >= 0.6 is 0 Å². The molecule has 1 atom stereocenters. The average molecular weight is 323 g/mol. The minimum absolute atomic E-state index is 0.140. The van der Waals surface area contributed by atoms with Crippen molar-refractivity contribution >= 4 is 5.96 Å². The van der Waals surface area contributed by atoms with Crippen LogP contribution in [0.25, 0.3) is 0 Å². The lowest BCUT2D eigenvalue weighted by molar-refractivity contribution is 0.181. The van der Waals surface area contributed by atoms with Crippen molar-refractivity contribution in [1.29, 1.82) is 0 Å². The van der Waals surface area contributed by atoms with Crippen LogP contribution < -0.4 is 5.32 Å². The molecule has 130 valence electrons. The number of nitrogens with zero attached hydrogens (tertiary/aromatic N) is 4. The summed E-state index contributed by atoms with van der Waals surface area (Å²) in [7, 11) is 2.05. The standard InChI is InChI=1S/C16H29N5O2/c1-6-17-15(21(5)10-12-7-8-22-11-12)18-9-13-19-14(23-20-13)16(2,3)4/h12H,6-11H2,1-5H3,(H,17,18). The molecule has 0 aliphatic carbocycles. The van der Waals surface area contributed by atoms with Gasteiger partial charge >= 0.3 is 0 Å². The third kappa shape index (κ3) is 5.20. The van der Waals surface area contributed by atoms with Crippen molar-refractivity contribution in [3.05, 3.63) is 11.7 Å². The average Bonchev–Trinajstić information content (AvgIpc) is 3.13. The molecule has 0 radical (unpaired) electrons. The summed E-state index contributed by atoms with van der Waals surface area (Å²) < 4.78 is 10.8. The number of nitrogens with one attached hydrogen (secondary N) is 1. The summed E-state index contributed by atoms with van der Waals surface area (Å²) in [4.78, 5) is 11.2. The lowest BCUT2D eigenvalue weighted by Gasteiger charge is -2.24. The molecule has 1 aromatic rings. The monoisotopic (exact) mass is 323 g/mol. The Kier molecular flexibility index (Phi) is 5.98. The van der Waals surface area contributed by atoms with Gasteiger partial charge in [0.05, 0.1) is 6.61 Å². The van der Waals surface area contributed by atoms with Gasteiger partial charge in [0.25, 0.3) is 0 Å². The third-order valence-corrected chi connectivity index (χ3v) is 3.73. The number of hydrogen-bond acceptors (Lipinski definition) is 5. The predicted octanol–water partition coefficient (Wildman–Crippen LogP) is 1.80. The molecule has 1 N–H and O–H groups in total. The molecule has 2 heterocycles. The molecule has 7 heteroatoms. The second kappa shape index (κ2) is 7.77. The Morgan fingerprint density at radius 3 is 2.78 bits per heavy atom. The van der Waals surface area contributed by atoms with E-state index >= 15 is 0 Å². The number of aromatic nitrogens is 2. The molecule has 0 spiro atoms. The Morgan fingerprint density at radius 2 is 2.22 bits per heavy atom. The first kappa shape index (κ1) is 17.7. The number of rotatable bonds is 5. The van der Waals surface area contributed by atoms with Crippen molar-refractivity contribution < 1.29 is 9.26 Å². The number of hydrogen-bond donors (Lipinski definition) is 1. The molecule has 0 amide bonds. The zero-order valence-electron chi connectivity index (χ0n) is 14.9. The quantitative estimate of drug-likeness (QED) is 0.658. The van der Waals surface area contributed by atoms with E-state index in [2.05, 4.69) is 60.1 Å². The number of aliphatic imine (C=N–C) groups is 1. The predicted molar refractivity (Wildman–Crippen MR) is 89.4 cm³/mol. The molecule has 7 nitrogen and oxygen atoms in total. The first-order valence-electron chi connectivity index (χ1n) is 8.30. The van der Waals surface area contributed by atoms with Crippen molar-refractivity contribution in [3.63, 3.8) is 0 Å². The highest BCUT2D eigenvalue weighted by molar-refractivity contribution is 5.79. The maximum Gasteiger partial charge on any atom is 0.232 e. The van der Waals surface area contributed by atoms with Gasteiger partial charge in [-0.25, -0.2) is 4.99 Å². The van der Waals surface area contributed by atoms with Gasteiger partial charge < -0.3 is 19.5 Å². The second-order valence-electron chi connectivity index (χ2n) is 7.05. The van der Waals surface area contributed by atoms with E-state index in [0.717, 1.165) is 38.7 Å². The largest absolute Gasteiger partial charge is 0.381 e. The summed E-state index contributed by atoms with van der Waals surface area (Å²) in [5, 5.41) is 7.33. The van der Waals surface area contributed by atoms with Crippen molar-refractivity contribution in [2.24, 2.45) is 10.9 Å². The topological polar surface area (TPSA) is 75.8 Å². The first-order valence-corrected chi connectivity index (χ1v) is 8.30. The van der Waals surface area contributed by atoms with Gasteiger partial charge in [-0.15, -0.1) is 0 Å².